The second kappa shape index (κ2) is 4.98. The van der Waals surface area contributed by atoms with Gasteiger partial charge in [0.05, 0.1) is 18.8 Å². The van der Waals surface area contributed by atoms with Crippen LogP contribution in [0.1, 0.15) is 23.2 Å². The molecule has 3 unspecified atom stereocenters. The molecule has 2 aliphatic rings. The van der Waals surface area contributed by atoms with E-state index in [-0.39, 0.29) is 29.2 Å². The van der Waals surface area contributed by atoms with Crippen molar-refractivity contribution in [3.05, 3.63) is 23.8 Å². The minimum Gasteiger partial charge on any atom is -0.504 e. The Hall–Kier alpha value is -1.75. The quantitative estimate of drug-likeness (QED) is 0.853. The number of hydrogen-bond acceptors (Lipinski definition) is 4. The number of ether oxygens (including phenoxy) is 1. The van der Waals surface area contributed by atoms with Gasteiger partial charge < -0.3 is 19.8 Å². The Morgan fingerprint density at radius 2 is 2.15 bits per heavy atom. The number of aliphatic hydroxyl groups is 1. The number of methoxy groups -OCH3 is 1. The van der Waals surface area contributed by atoms with Crippen molar-refractivity contribution in [2.45, 2.75) is 18.9 Å². The molecule has 1 aromatic rings. The first-order valence-electron chi connectivity index (χ1n) is 6.95. The van der Waals surface area contributed by atoms with Crippen LogP contribution < -0.4 is 4.74 Å². The molecule has 1 saturated carbocycles. The normalized spacial score (nSPS) is 28.5. The molecule has 2 N–H and O–H groups in total. The number of likely N-dealkylation sites (tertiary alicyclic amines) is 1. The van der Waals surface area contributed by atoms with Crippen LogP contribution in [-0.4, -0.2) is 47.3 Å². The minimum absolute atomic E-state index is 0.113. The lowest BCUT2D eigenvalue weighted by Crippen LogP contribution is -2.31. The molecule has 0 bridgehead atoms. The van der Waals surface area contributed by atoms with Crippen LogP contribution in [0.5, 0.6) is 11.5 Å². The average Bonchev–Trinajstić information content (AvgIpc) is 3.01. The summed E-state index contributed by atoms with van der Waals surface area (Å²) in [5, 5.41) is 20.0. The molecule has 108 valence electrons. The third kappa shape index (κ3) is 2.02. The van der Waals surface area contributed by atoms with Gasteiger partial charge in [0, 0.05) is 19.0 Å². The number of para-hydroxylation sites is 1. The topological polar surface area (TPSA) is 70.0 Å². The van der Waals surface area contributed by atoms with Gasteiger partial charge in [-0.2, -0.15) is 0 Å². The molecule has 1 heterocycles. The van der Waals surface area contributed by atoms with Crippen LogP contribution in [0, 0.1) is 11.8 Å². The van der Waals surface area contributed by atoms with Gasteiger partial charge in [0.1, 0.15) is 0 Å². The van der Waals surface area contributed by atoms with E-state index in [4.69, 9.17) is 4.74 Å². The summed E-state index contributed by atoms with van der Waals surface area (Å²) in [6.07, 6.45) is 1.51. The second-order valence-corrected chi connectivity index (χ2v) is 5.64. The Morgan fingerprint density at radius 1 is 1.35 bits per heavy atom. The third-order valence-electron chi connectivity index (χ3n) is 4.56. The highest BCUT2D eigenvalue weighted by Gasteiger charge is 2.43. The average molecular weight is 277 g/mol. The van der Waals surface area contributed by atoms with Gasteiger partial charge in [-0.25, -0.2) is 0 Å². The zero-order valence-corrected chi connectivity index (χ0v) is 11.5. The number of carbonyl (C=O) groups excluding carboxylic acids is 1. The zero-order valence-electron chi connectivity index (χ0n) is 11.5. The van der Waals surface area contributed by atoms with Gasteiger partial charge in [-0.1, -0.05) is 6.07 Å². The highest BCUT2D eigenvalue weighted by atomic mass is 16.5. The van der Waals surface area contributed by atoms with Gasteiger partial charge in [-0.3, -0.25) is 4.79 Å². The van der Waals surface area contributed by atoms with Crippen molar-refractivity contribution < 1.29 is 19.7 Å². The number of rotatable bonds is 2. The summed E-state index contributed by atoms with van der Waals surface area (Å²) in [5.41, 5.74) is 0.263. The molecule has 0 radical (unpaired) electrons. The maximum absolute atomic E-state index is 12.5. The van der Waals surface area contributed by atoms with E-state index >= 15 is 0 Å². The third-order valence-corrected chi connectivity index (χ3v) is 4.56. The molecular weight excluding hydrogens is 258 g/mol. The highest BCUT2D eigenvalue weighted by molar-refractivity contribution is 5.97. The summed E-state index contributed by atoms with van der Waals surface area (Å²) >= 11 is 0. The van der Waals surface area contributed by atoms with E-state index in [1.165, 1.54) is 7.11 Å². The fourth-order valence-electron chi connectivity index (χ4n) is 3.43. The number of phenolic OH excluding ortho intramolecular Hbond substituents is 1. The number of phenols is 1. The summed E-state index contributed by atoms with van der Waals surface area (Å²) in [4.78, 5) is 14.2. The van der Waals surface area contributed by atoms with Gasteiger partial charge in [-0.05, 0) is 30.9 Å². The number of aromatic hydroxyl groups is 1. The van der Waals surface area contributed by atoms with E-state index in [9.17, 15) is 15.0 Å². The van der Waals surface area contributed by atoms with Crippen LogP contribution in [0.3, 0.4) is 0 Å². The lowest BCUT2D eigenvalue weighted by Gasteiger charge is -2.19. The summed E-state index contributed by atoms with van der Waals surface area (Å²) in [6, 6.07) is 4.91. The van der Waals surface area contributed by atoms with Crippen molar-refractivity contribution in [3.8, 4) is 11.5 Å². The van der Waals surface area contributed by atoms with Gasteiger partial charge >= 0.3 is 0 Å². The van der Waals surface area contributed by atoms with Crippen LogP contribution in [0.15, 0.2) is 18.2 Å². The Morgan fingerprint density at radius 3 is 2.85 bits per heavy atom. The van der Waals surface area contributed by atoms with Crippen molar-refractivity contribution >= 4 is 5.91 Å². The molecular formula is C15H19NO4. The smallest absolute Gasteiger partial charge is 0.257 e. The van der Waals surface area contributed by atoms with E-state index < -0.39 is 0 Å². The first-order valence-corrected chi connectivity index (χ1v) is 6.95. The number of amides is 1. The molecule has 5 nitrogen and oxygen atoms in total. The van der Waals surface area contributed by atoms with E-state index in [1.807, 2.05) is 0 Å². The van der Waals surface area contributed by atoms with Crippen LogP contribution >= 0.6 is 0 Å². The zero-order chi connectivity index (χ0) is 14.3. The van der Waals surface area contributed by atoms with E-state index in [2.05, 4.69) is 0 Å². The van der Waals surface area contributed by atoms with Gasteiger partial charge in [0.2, 0.25) is 0 Å². The van der Waals surface area contributed by atoms with Gasteiger partial charge in [0.25, 0.3) is 5.91 Å². The Balaban J connectivity index is 1.81. The van der Waals surface area contributed by atoms with Crippen molar-refractivity contribution in [1.29, 1.82) is 0 Å². The fourth-order valence-corrected chi connectivity index (χ4v) is 3.43. The molecule has 3 atom stereocenters. The lowest BCUT2D eigenvalue weighted by atomic mass is 10.00. The maximum Gasteiger partial charge on any atom is 0.257 e. The molecule has 1 aromatic carbocycles. The molecule has 1 aliphatic carbocycles. The van der Waals surface area contributed by atoms with Crippen LogP contribution in [-0.2, 0) is 0 Å². The standard InChI is InChI=1S/C15H19NO4/c1-20-13-4-2-3-10(14(13)18)15(19)16-7-9-5-6-12(17)11(9)8-16/h2-4,9,11-12,17-18H,5-8H2,1H3. The summed E-state index contributed by atoms with van der Waals surface area (Å²) in [5.74, 6) is 0.573. The predicted octanol–water partition coefficient (Wildman–Crippen LogP) is 1.24. The fraction of sp³-hybridized carbons (Fsp3) is 0.533. The second-order valence-electron chi connectivity index (χ2n) is 5.64. The molecule has 2 fully saturated rings. The van der Waals surface area contributed by atoms with Gasteiger partial charge in [0.15, 0.2) is 11.5 Å². The molecule has 20 heavy (non-hydrogen) atoms. The molecule has 1 amide bonds. The van der Waals surface area contributed by atoms with E-state index in [0.29, 0.717) is 24.8 Å². The SMILES string of the molecule is COc1cccc(C(=O)N2CC3CCC(O)C3C2)c1O. The summed E-state index contributed by atoms with van der Waals surface area (Å²) in [6.45, 7) is 1.23. The van der Waals surface area contributed by atoms with Crippen LogP contribution in [0.25, 0.3) is 0 Å². The Kier molecular flexibility index (Phi) is 3.30. The maximum atomic E-state index is 12.5. The number of hydrogen-bond donors (Lipinski definition) is 2. The van der Waals surface area contributed by atoms with Crippen LogP contribution in [0.4, 0.5) is 0 Å². The number of benzene rings is 1. The van der Waals surface area contributed by atoms with Gasteiger partial charge in [-0.15, -0.1) is 0 Å². The summed E-state index contributed by atoms with van der Waals surface area (Å²) in [7, 11) is 1.46. The largest absolute Gasteiger partial charge is 0.504 e. The number of aliphatic hydroxyl groups excluding tert-OH is 1. The van der Waals surface area contributed by atoms with Crippen molar-refractivity contribution in [1.82, 2.24) is 4.90 Å². The Labute approximate surface area is 117 Å². The Bertz CT molecular complexity index is 531. The van der Waals surface area contributed by atoms with Crippen molar-refractivity contribution in [2.75, 3.05) is 20.2 Å². The molecule has 1 aliphatic heterocycles. The van der Waals surface area contributed by atoms with Crippen molar-refractivity contribution in [3.63, 3.8) is 0 Å². The summed E-state index contributed by atoms with van der Waals surface area (Å²) < 4.78 is 5.03. The number of nitrogens with zero attached hydrogens (tertiary/aromatic N) is 1. The number of carbonyl (C=O) groups is 1. The molecule has 0 spiro atoms. The van der Waals surface area contributed by atoms with E-state index in [0.717, 1.165) is 12.8 Å². The van der Waals surface area contributed by atoms with Crippen molar-refractivity contribution in [2.24, 2.45) is 11.8 Å². The monoisotopic (exact) mass is 277 g/mol. The first kappa shape index (κ1) is 13.2. The molecule has 5 heteroatoms. The lowest BCUT2D eigenvalue weighted by molar-refractivity contribution is 0.0749. The molecule has 0 aromatic heterocycles. The highest BCUT2D eigenvalue weighted by Crippen LogP contribution is 2.39. The molecule has 3 rings (SSSR count). The predicted molar refractivity (Wildman–Crippen MR) is 72.8 cm³/mol. The first-order chi connectivity index (χ1) is 9.61. The minimum atomic E-state index is -0.295. The van der Waals surface area contributed by atoms with E-state index in [1.54, 1.807) is 23.1 Å². The number of fused-ring (bicyclic) bond motifs is 1. The van der Waals surface area contributed by atoms with Crippen LogP contribution in [0.2, 0.25) is 0 Å². The molecule has 1 saturated heterocycles.